The third-order valence-electron chi connectivity index (χ3n) is 4.77. The monoisotopic (exact) mass is 386 g/mol. The predicted octanol–water partition coefficient (Wildman–Crippen LogP) is 4.65. The molecule has 0 radical (unpaired) electrons. The number of hydrogen-bond acceptors (Lipinski definition) is 4. The molecule has 1 aliphatic heterocycles. The highest BCUT2D eigenvalue weighted by molar-refractivity contribution is 7.09. The average molecular weight is 387 g/mol. The Morgan fingerprint density at radius 3 is 2.63 bits per heavy atom. The summed E-state index contributed by atoms with van der Waals surface area (Å²) in [6, 6.07) is 7.92. The van der Waals surface area contributed by atoms with Crippen molar-refractivity contribution in [3.8, 4) is 0 Å². The number of amides is 2. The van der Waals surface area contributed by atoms with E-state index in [4.69, 9.17) is 0 Å². The molecule has 0 spiro atoms. The van der Waals surface area contributed by atoms with Crippen molar-refractivity contribution in [2.24, 2.45) is 5.92 Å². The van der Waals surface area contributed by atoms with Crippen LogP contribution in [0.15, 0.2) is 29.6 Å². The lowest BCUT2D eigenvalue weighted by Gasteiger charge is -2.18. The fourth-order valence-corrected chi connectivity index (χ4v) is 4.11. The minimum Gasteiger partial charge on any atom is -0.371 e. The number of aromatic nitrogens is 1. The number of nitrogens with zero attached hydrogens (tertiary/aromatic N) is 2. The quantitative estimate of drug-likeness (QED) is 0.786. The van der Waals surface area contributed by atoms with Gasteiger partial charge >= 0.3 is 6.03 Å². The first-order valence-electron chi connectivity index (χ1n) is 9.66. The summed E-state index contributed by atoms with van der Waals surface area (Å²) >= 11 is 1.69. The summed E-state index contributed by atoms with van der Waals surface area (Å²) < 4.78 is 0. The molecule has 6 heteroatoms. The summed E-state index contributed by atoms with van der Waals surface area (Å²) in [6.07, 6.45) is 1.99. The van der Waals surface area contributed by atoms with Crippen LogP contribution in [0.3, 0.4) is 0 Å². The molecule has 1 aromatic carbocycles. The van der Waals surface area contributed by atoms with Crippen LogP contribution in [-0.4, -0.2) is 30.6 Å². The van der Waals surface area contributed by atoms with Gasteiger partial charge in [-0.15, -0.1) is 11.3 Å². The van der Waals surface area contributed by atoms with Gasteiger partial charge in [-0.05, 0) is 36.6 Å². The molecule has 2 heterocycles. The first-order chi connectivity index (χ1) is 12.8. The van der Waals surface area contributed by atoms with Crippen LogP contribution in [0.2, 0.25) is 0 Å². The Kier molecular flexibility index (Phi) is 6.05. The molecule has 1 fully saturated rings. The number of nitrogens with one attached hydrogen (secondary N) is 2. The van der Waals surface area contributed by atoms with Gasteiger partial charge in [0.25, 0.3) is 0 Å². The van der Waals surface area contributed by atoms with Gasteiger partial charge in [0.2, 0.25) is 0 Å². The molecule has 0 bridgehead atoms. The fraction of sp³-hybridized carbons (Fsp3) is 0.524. The molecule has 3 rings (SSSR count). The fourth-order valence-electron chi connectivity index (χ4n) is 3.17. The van der Waals surface area contributed by atoms with Gasteiger partial charge in [0.1, 0.15) is 0 Å². The van der Waals surface area contributed by atoms with E-state index in [1.54, 1.807) is 11.3 Å². The van der Waals surface area contributed by atoms with Gasteiger partial charge in [-0.25, -0.2) is 9.78 Å². The SMILES string of the molecule is CC1CCN(c2ccc(NC(=O)NCCc3csc(C(C)(C)C)n3)cc2)C1. The van der Waals surface area contributed by atoms with Crippen molar-refractivity contribution < 1.29 is 4.79 Å². The van der Waals surface area contributed by atoms with E-state index >= 15 is 0 Å². The third kappa shape index (κ3) is 5.45. The molecule has 146 valence electrons. The van der Waals surface area contributed by atoms with Crippen molar-refractivity contribution in [2.45, 2.75) is 46.0 Å². The Morgan fingerprint density at radius 2 is 2.04 bits per heavy atom. The molecule has 0 aliphatic carbocycles. The van der Waals surface area contributed by atoms with Crippen molar-refractivity contribution in [3.63, 3.8) is 0 Å². The lowest BCUT2D eigenvalue weighted by atomic mass is 9.98. The van der Waals surface area contributed by atoms with E-state index in [1.165, 1.54) is 12.1 Å². The second-order valence-electron chi connectivity index (χ2n) is 8.41. The van der Waals surface area contributed by atoms with E-state index < -0.39 is 0 Å². The van der Waals surface area contributed by atoms with Crippen LogP contribution in [0.25, 0.3) is 0 Å². The van der Waals surface area contributed by atoms with Crippen molar-refractivity contribution in [2.75, 3.05) is 29.9 Å². The van der Waals surface area contributed by atoms with E-state index in [0.29, 0.717) is 6.54 Å². The largest absolute Gasteiger partial charge is 0.371 e. The Bertz CT molecular complexity index is 763. The Labute approximate surface area is 166 Å². The van der Waals surface area contributed by atoms with Gasteiger partial charge in [-0.1, -0.05) is 27.7 Å². The molecule has 0 saturated carbocycles. The number of rotatable bonds is 5. The van der Waals surface area contributed by atoms with Gasteiger partial charge in [0.15, 0.2) is 0 Å². The first-order valence-corrected chi connectivity index (χ1v) is 10.5. The van der Waals surface area contributed by atoms with Crippen LogP contribution in [0.5, 0.6) is 0 Å². The molecule has 2 N–H and O–H groups in total. The van der Waals surface area contributed by atoms with Crippen molar-refractivity contribution in [1.29, 1.82) is 0 Å². The second-order valence-corrected chi connectivity index (χ2v) is 9.27. The Balaban J connectivity index is 1.43. The summed E-state index contributed by atoms with van der Waals surface area (Å²) in [4.78, 5) is 19.2. The maximum Gasteiger partial charge on any atom is 0.319 e. The summed E-state index contributed by atoms with van der Waals surface area (Å²) in [7, 11) is 0. The van der Waals surface area contributed by atoms with Crippen LogP contribution < -0.4 is 15.5 Å². The highest BCUT2D eigenvalue weighted by Gasteiger charge is 2.19. The molecule has 2 aromatic rings. The molecular weight excluding hydrogens is 356 g/mol. The Morgan fingerprint density at radius 1 is 1.30 bits per heavy atom. The Hall–Kier alpha value is -2.08. The van der Waals surface area contributed by atoms with Crippen LogP contribution >= 0.6 is 11.3 Å². The number of carbonyl (C=O) groups excluding carboxylic acids is 1. The third-order valence-corrected chi connectivity index (χ3v) is 6.09. The zero-order valence-corrected chi connectivity index (χ0v) is 17.5. The number of anilines is 2. The topological polar surface area (TPSA) is 57.3 Å². The average Bonchev–Trinajstić information content (AvgIpc) is 3.24. The van der Waals surface area contributed by atoms with Crippen LogP contribution in [-0.2, 0) is 11.8 Å². The normalized spacial score (nSPS) is 17.2. The van der Waals surface area contributed by atoms with E-state index in [2.05, 4.69) is 65.7 Å². The minimum absolute atomic E-state index is 0.0764. The summed E-state index contributed by atoms with van der Waals surface area (Å²) in [5.74, 6) is 0.755. The summed E-state index contributed by atoms with van der Waals surface area (Å²) in [5, 5.41) is 9.02. The number of hydrogen-bond donors (Lipinski definition) is 2. The highest BCUT2D eigenvalue weighted by atomic mass is 32.1. The molecular formula is C21H30N4OS. The first kappa shape index (κ1) is 19.7. The van der Waals surface area contributed by atoms with Gasteiger partial charge in [-0.2, -0.15) is 0 Å². The number of urea groups is 1. The predicted molar refractivity (Wildman–Crippen MR) is 114 cm³/mol. The molecule has 1 atom stereocenters. The van der Waals surface area contributed by atoms with Crippen molar-refractivity contribution in [1.82, 2.24) is 10.3 Å². The molecule has 1 aromatic heterocycles. The van der Waals surface area contributed by atoms with Gasteiger partial charge < -0.3 is 15.5 Å². The van der Waals surface area contributed by atoms with Gasteiger partial charge in [-0.3, -0.25) is 0 Å². The van der Waals surface area contributed by atoms with Crippen LogP contribution in [0.1, 0.15) is 44.8 Å². The van der Waals surface area contributed by atoms with Crippen molar-refractivity contribution in [3.05, 3.63) is 40.3 Å². The molecule has 1 saturated heterocycles. The van der Waals surface area contributed by atoms with Crippen LogP contribution in [0, 0.1) is 5.92 Å². The smallest absolute Gasteiger partial charge is 0.319 e. The molecule has 1 unspecified atom stereocenters. The minimum atomic E-state index is -0.177. The zero-order valence-electron chi connectivity index (χ0n) is 16.7. The maximum absolute atomic E-state index is 12.1. The number of thiazole rings is 1. The number of benzene rings is 1. The van der Waals surface area contributed by atoms with E-state index in [0.717, 1.165) is 41.8 Å². The standard InChI is InChI=1S/C21H30N4OS/c1-15-10-12-25(13-15)18-7-5-16(6-8-18)24-20(26)22-11-9-17-14-27-19(23-17)21(2,3)4/h5-8,14-15H,9-13H2,1-4H3,(H2,22,24,26). The lowest BCUT2D eigenvalue weighted by molar-refractivity contribution is 0.252. The second kappa shape index (κ2) is 8.30. The van der Waals surface area contributed by atoms with Crippen molar-refractivity contribution >= 4 is 28.7 Å². The highest BCUT2D eigenvalue weighted by Crippen LogP contribution is 2.26. The molecule has 1 aliphatic rings. The maximum atomic E-state index is 12.1. The zero-order chi connectivity index (χ0) is 19.4. The number of carbonyl (C=O) groups is 1. The molecule has 2 amide bonds. The van der Waals surface area contributed by atoms with E-state index in [-0.39, 0.29) is 11.4 Å². The van der Waals surface area contributed by atoms with E-state index in [9.17, 15) is 4.79 Å². The van der Waals surface area contributed by atoms with Gasteiger partial charge in [0, 0.05) is 48.2 Å². The summed E-state index contributed by atoms with van der Waals surface area (Å²) in [6.45, 7) is 11.6. The van der Waals surface area contributed by atoms with Gasteiger partial charge in [0.05, 0.1) is 10.7 Å². The van der Waals surface area contributed by atoms with Crippen LogP contribution in [0.4, 0.5) is 16.2 Å². The molecule has 5 nitrogen and oxygen atoms in total. The molecule has 27 heavy (non-hydrogen) atoms. The lowest BCUT2D eigenvalue weighted by Crippen LogP contribution is -2.30. The van der Waals surface area contributed by atoms with E-state index in [1.807, 2.05) is 12.1 Å². The summed E-state index contributed by atoms with van der Waals surface area (Å²) in [5.41, 5.74) is 3.15.